The molecule has 0 bridgehead atoms. The average Bonchev–Trinajstić information content (AvgIpc) is 2.18. The molecule has 0 aliphatic heterocycles. The minimum Gasteiger partial charge on any atom is -0.496 e. The minimum atomic E-state index is -0.242. The van der Waals surface area contributed by atoms with Crippen molar-refractivity contribution >= 4 is 21.9 Å². The Morgan fingerprint density at radius 2 is 2.20 bits per heavy atom. The number of benzene rings is 1. The Hall–Kier alpha value is -1.03. The summed E-state index contributed by atoms with van der Waals surface area (Å²) in [7, 11) is 1.58. The van der Waals surface area contributed by atoms with Crippen LogP contribution in [0.2, 0.25) is 0 Å². The monoisotopic (exact) mass is 272 g/mol. The topological polar surface area (TPSA) is 35.5 Å². The van der Waals surface area contributed by atoms with E-state index >= 15 is 0 Å². The van der Waals surface area contributed by atoms with Gasteiger partial charge in [-0.05, 0) is 25.1 Å². The van der Waals surface area contributed by atoms with E-state index in [9.17, 15) is 4.79 Å². The predicted octanol–water partition coefficient (Wildman–Crippen LogP) is 2.56. The summed E-state index contributed by atoms with van der Waals surface area (Å²) in [6.45, 7) is 2.19. The first-order valence-corrected chi connectivity index (χ1v) is 5.44. The van der Waals surface area contributed by atoms with Crippen LogP contribution in [0, 0.1) is 0 Å². The molecule has 0 aliphatic carbocycles. The molecule has 0 N–H and O–H groups in total. The number of carbonyl (C=O) groups excluding carboxylic acids is 1. The zero-order chi connectivity index (χ0) is 11.3. The van der Waals surface area contributed by atoms with Gasteiger partial charge >= 0.3 is 5.97 Å². The maximum absolute atomic E-state index is 11.3. The maximum atomic E-state index is 11.3. The fourth-order valence-corrected chi connectivity index (χ4v) is 1.66. The lowest BCUT2D eigenvalue weighted by molar-refractivity contribution is -0.142. The van der Waals surface area contributed by atoms with Gasteiger partial charge in [-0.3, -0.25) is 4.79 Å². The maximum Gasteiger partial charge on any atom is 0.310 e. The normalized spacial score (nSPS) is 9.80. The van der Waals surface area contributed by atoms with Gasteiger partial charge in [0.2, 0.25) is 0 Å². The average molecular weight is 273 g/mol. The van der Waals surface area contributed by atoms with Crippen molar-refractivity contribution in [3.8, 4) is 5.75 Å². The molecule has 82 valence electrons. The lowest BCUT2D eigenvalue weighted by atomic mass is 10.1. The van der Waals surface area contributed by atoms with E-state index in [2.05, 4.69) is 15.9 Å². The molecule has 0 saturated heterocycles. The van der Waals surface area contributed by atoms with E-state index in [0.29, 0.717) is 12.4 Å². The second-order valence-corrected chi connectivity index (χ2v) is 3.85. The zero-order valence-corrected chi connectivity index (χ0v) is 10.3. The number of esters is 1. The van der Waals surface area contributed by atoms with Crippen LogP contribution < -0.4 is 4.74 Å². The number of rotatable bonds is 4. The van der Waals surface area contributed by atoms with Gasteiger partial charge in [0.1, 0.15) is 5.75 Å². The van der Waals surface area contributed by atoms with Gasteiger partial charge in [-0.1, -0.05) is 15.9 Å². The molecule has 0 amide bonds. The number of ether oxygens (including phenoxy) is 2. The smallest absolute Gasteiger partial charge is 0.310 e. The SMILES string of the molecule is CCOC(=O)Cc1cc(Br)ccc1OC. The van der Waals surface area contributed by atoms with Crippen molar-refractivity contribution < 1.29 is 14.3 Å². The highest BCUT2D eigenvalue weighted by atomic mass is 79.9. The lowest BCUT2D eigenvalue weighted by Crippen LogP contribution is -2.08. The second kappa shape index (κ2) is 5.75. The van der Waals surface area contributed by atoms with Crippen molar-refractivity contribution in [2.24, 2.45) is 0 Å². The highest BCUT2D eigenvalue weighted by Crippen LogP contribution is 2.23. The van der Waals surface area contributed by atoms with Gasteiger partial charge in [0.15, 0.2) is 0 Å². The van der Waals surface area contributed by atoms with Crippen molar-refractivity contribution in [2.75, 3.05) is 13.7 Å². The Morgan fingerprint density at radius 1 is 1.47 bits per heavy atom. The molecule has 0 fully saturated rings. The van der Waals surface area contributed by atoms with Gasteiger partial charge in [-0.25, -0.2) is 0 Å². The molecule has 0 heterocycles. The Balaban J connectivity index is 2.82. The molecule has 0 saturated carbocycles. The minimum absolute atomic E-state index is 0.233. The molecule has 1 aromatic carbocycles. The first-order valence-electron chi connectivity index (χ1n) is 4.65. The molecule has 0 radical (unpaired) electrons. The van der Waals surface area contributed by atoms with Crippen LogP contribution in [0.25, 0.3) is 0 Å². The van der Waals surface area contributed by atoms with Gasteiger partial charge in [0.05, 0.1) is 20.1 Å². The Bertz CT molecular complexity index is 350. The Kier molecular flexibility index (Phi) is 4.62. The molecule has 0 spiro atoms. The summed E-state index contributed by atoms with van der Waals surface area (Å²) in [4.78, 5) is 11.3. The molecule has 0 aliphatic rings. The summed E-state index contributed by atoms with van der Waals surface area (Å²) in [6, 6.07) is 5.54. The van der Waals surface area contributed by atoms with E-state index in [1.54, 1.807) is 14.0 Å². The summed E-state index contributed by atoms with van der Waals surface area (Å²) in [6.07, 6.45) is 0.233. The van der Waals surface area contributed by atoms with E-state index in [-0.39, 0.29) is 12.4 Å². The summed E-state index contributed by atoms with van der Waals surface area (Å²) in [5.41, 5.74) is 0.824. The van der Waals surface area contributed by atoms with Crippen molar-refractivity contribution in [1.29, 1.82) is 0 Å². The summed E-state index contributed by atoms with van der Waals surface area (Å²) < 4.78 is 10.9. The van der Waals surface area contributed by atoms with Crippen LogP contribution in [-0.2, 0) is 16.0 Å². The molecule has 4 heteroatoms. The van der Waals surface area contributed by atoms with Crippen molar-refractivity contribution in [3.05, 3.63) is 28.2 Å². The van der Waals surface area contributed by atoms with Crippen LogP contribution >= 0.6 is 15.9 Å². The number of hydrogen-bond donors (Lipinski definition) is 0. The lowest BCUT2D eigenvalue weighted by Gasteiger charge is -2.08. The van der Waals surface area contributed by atoms with Crippen LogP contribution in [0.15, 0.2) is 22.7 Å². The molecule has 0 unspecified atom stereocenters. The second-order valence-electron chi connectivity index (χ2n) is 2.94. The first-order chi connectivity index (χ1) is 7.17. The predicted molar refractivity (Wildman–Crippen MR) is 61.0 cm³/mol. The summed E-state index contributed by atoms with van der Waals surface area (Å²) in [5.74, 6) is 0.458. The summed E-state index contributed by atoms with van der Waals surface area (Å²) >= 11 is 3.35. The van der Waals surface area contributed by atoms with Crippen LogP contribution in [0.3, 0.4) is 0 Å². The molecule has 1 rings (SSSR count). The van der Waals surface area contributed by atoms with E-state index in [1.165, 1.54) is 0 Å². The highest BCUT2D eigenvalue weighted by molar-refractivity contribution is 9.10. The first kappa shape index (κ1) is 12.0. The van der Waals surface area contributed by atoms with E-state index in [4.69, 9.17) is 9.47 Å². The third kappa shape index (κ3) is 3.55. The molecule has 0 atom stereocenters. The molecule has 3 nitrogen and oxygen atoms in total. The highest BCUT2D eigenvalue weighted by Gasteiger charge is 2.09. The number of hydrogen-bond acceptors (Lipinski definition) is 3. The molecule has 1 aromatic rings. The largest absolute Gasteiger partial charge is 0.496 e. The van der Waals surface area contributed by atoms with Crippen LogP contribution in [0.1, 0.15) is 12.5 Å². The van der Waals surface area contributed by atoms with Gasteiger partial charge in [0.25, 0.3) is 0 Å². The zero-order valence-electron chi connectivity index (χ0n) is 8.75. The quantitative estimate of drug-likeness (QED) is 0.791. The third-order valence-electron chi connectivity index (χ3n) is 1.88. The van der Waals surface area contributed by atoms with Crippen LogP contribution in [0.4, 0.5) is 0 Å². The van der Waals surface area contributed by atoms with E-state index in [0.717, 1.165) is 10.0 Å². The molecular weight excluding hydrogens is 260 g/mol. The van der Waals surface area contributed by atoms with E-state index in [1.807, 2.05) is 18.2 Å². The fourth-order valence-electron chi connectivity index (χ4n) is 1.25. The number of carbonyl (C=O) groups is 1. The van der Waals surface area contributed by atoms with E-state index < -0.39 is 0 Å². The van der Waals surface area contributed by atoms with Crippen molar-refractivity contribution in [3.63, 3.8) is 0 Å². The standard InChI is InChI=1S/C11H13BrO3/c1-3-15-11(13)7-8-6-9(12)4-5-10(8)14-2/h4-6H,3,7H2,1-2H3. The van der Waals surface area contributed by atoms with Crippen molar-refractivity contribution in [2.45, 2.75) is 13.3 Å². The molecular formula is C11H13BrO3. The van der Waals surface area contributed by atoms with Gasteiger partial charge < -0.3 is 9.47 Å². The Labute approximate surface area is 97.5 Å². The van der Waals surface area contributed by atoms with Crippen molar-refractivity contribution in [1.82, 2.24) is 0 Å². The third-order valence-corrected chi connectivity index (χ3v) is 2.38. The van der Waals surface area contributed by atoms with Gasteiger partial charge in [-0.2, -0.15) is 0 Å². The van der Waals surface area contributed by atoms with Gasteiger partial charge in [0, 0.05) is 10.0 Å². The Morgan fingerprint density at radius 3 is 2.80 bits per heavy atom. The summed E-state index contributed by atoms with van der Waals surface area (Å²) in [5, 5.41) is 0. The number of halogens is 1. The molecule has 15 heavy (non-hydrogen) atoms. The fraction of sp³-hybridized carbons (Fsp3) is 0.364. The van der Waals surface area contributed by atoms with Crippen LogP contribution in [-0.4, -0.2) is 19.7 Å². The number of methoxy groups -OCH3 is 1. The van der Waals surface area contributed by atoms with Crippen LogP contribution in [0.5, 0.6) is 5.75 Å². The van der Waals surface area contributed by atoms with Gasteiger partial charge in [-0.15, -0.1) is 0 Å². The molecule has 0 aromatic heterocycles.